The van der Waals surface area contributed by atoms with Crippen molar-refractivity contribution in [1.29, 1.82) is 0 Å². The summed E-state index contributed by atoms with van der Waals surface area (Å²) in [6.07, 6.45) is 1.18. The van der Waals surface area contributed by atoms with Crippen LogP contribution in [-0.2, 0) is 11.3 Å². The van der Waals surface area contributed by atoms with Crippen molar-refractivity contribution in [2.24, 2.45) is 0 Å². The minimum Gasteiger partial charge on any atom is -0.478 e. The van der Waals surface area contributed by atoms with Crippen molar-refractivity contribution in [3.05, 3.63) is 23.7 Å². The Morgan fingerprint density at radius 2 is 2.41 bits per heavy atom. The molecule has 1 aromatic rings. The Balaban J connectivity index is 2.00. The Bertz CT molecular complexity index is 389. The molecule has 1 saturated heterocycles. The monoisotopic (exact) mass is 241 g/mol. The maximum Gasteiger partial charge on any atom is 0.339 e. The fourth-order valence-corrected chi connectivity index (χ4v) is 1.89. The third-order valence-electron chi connectivity index (χ3n) is 2.77. The lowest BCUT2D eigenvalue weighted by Crippen LogP contribution is -2.43. The van der Waals surface area contributed by atoms with E-state index in [4.69, 9.17) is 19.4 Å². The largest absolute Gasteiger partial charge is 0.478 e. The Morgan fingerprint density at radius 3 is 3.12 bits per heavy atom. The molecule has 1 aliphatic rings. The molecule has 6 nitrogen and oxygen atoms in total. The minimum absolute atomic E-state index is 0.0273. The van der Waals surface area contributed by atoms with Crippen molar-refractivity contribution < 1.29 is 24.2 Å². The summed E-state index contributed by atoms with van der Waals surface area (Å²) in [7, 11) is 0. The van der Waals surface area contributed by atoms with Gasteiger partial charge in [0.25, 0.3) is 0 Å². The van der Waals surface area contributed by atoms with Crippen molar-refractivity contribution in [3.63, 3.8) is 0 Å². The number of carbonyl (C=O) groups is 1. The molecule has 17 heavy (non-hydrogen) atoms. The number of hydrogen-bond donors (Lipinski definition) is 2. The van der Waals surface area contributed by atoms with Crippen molar-refractivity contribution in [1.82, 2.24) is 4.90 Å². The summed E-state index contributed by atoms with van der Waals surface area (Å²) in [6.45, 7) is 2.22. The average Bonchev–Trinajstić information content (AvgIpc) is 2.77. The van der Waals surface area contributed by atoms with Gasteiger partial charge in [-0.25, -0.2) is 4.79 Å². The molecule has 0 radical (unpaired) electrons. The first-order valence-corrected chi connectivity index (χ1v) is 5.45. The summed E-state index contributed by atoms with van der Waals surface area (Å²) in [4.78, 5) is 12.9. The fourth-order valence-electron chi connectivity index (χ4n) is 1.89. The molecule has 1 aromatic heterocycles. The van der Waals surface area contributed by atoms with Gasteiger partial charge >= 0.3 is 5.97 Å². The van der Waals surface area contributed by atoms with Crippen LogP contribution in [0.2, 0.25) is 0 Å². The summed E-state index contributed by atoms with van der Waals surface area (Å²) >= 11 is 0. The summed E-state index contributed by atoms with van der Waals surface area (Å²) < 4.78 is 10.5. The minimum atomic E-state index is -0.985. The first kappa shape index (κ1) is 12.1. The molecule has 2 rings (SSSR count). The van der Waals surface area contributed by atoms with Gasteiger partial charge in [0.1, 0.15) is 11.3 Å². The second-order valence-corrected chi connectivity index (χ2v) is 3.97. The maximum absolute atomic E-state index is 10.9. The Kier molecular flexibility index (Phi) is 3.78. The number of aliphatic hydroxyl groups is 1. The van der Waals surface area contributed by atoms with E-state index in [1.165, 1.54) is 12.3 Å². The van der Waals surface area contributed by atoms with Crippen LogP contribution in [0.5, 0.6) is 0 Å². The third kappa shape index (κ3) is 2.85. The average molecular weight is 241 g/mol. The van der Waals surface area contributed by atoms with Gasteiger partial charge in [-0.3, -0.25) is 4.90 Å². The number of carboxylic acids is 1. The van der Waals surface area contributed by atoms with Gasteiger partial charge in [-0.15, -0.1) is 0 Å². The summed E-state index contributed by atoms with van der Waals surface area (Å²) in [6, 6.07) is 1.45. The molecule has 94 valence electrons. The lowest BCUT2D eigenvalue weighted by atomic mass is 10.2. The molecular weight excluding hydrogens is 226 g/mol. The van der Waals surface area contributed by atoms with Crippen LogP contribution in [0.25, 0.3) is 0 Å². The Morgan fingerprint density at radius 1 is 1.59 bits per heavy atom. The number of morpholine rings is 1. The molecule has 0 aliphatic carbocycles. The predicted molar refractivity (Wildman–Crippen MR) is 57.8 cm³/mol. The number of ether oxygens (including phenoxy) is 1. The first-order valence-electron chi connectivity index (χ1n) is 5.45. The van der Waals surface area contributed by atoms with Gasteiger partial charge in [0, 0.05) is 13.1 Å². The second-order valence-electron chi connectivity index (χ2n) is 3.97. The standard InChI is InChI=1S/C11H15NO5/c13-7-8-5-12(2-4-16-8)6-10-9(11(14)15)1-3-17-10/h1,3,8,13H,2,4-7H2,(H,14,15). The van der Waals surface area contributed by atoms with Gasteiger partial charge in [-0.05, 0) is 6.07 Å². The predicted octanol–water partition coefficient (Wildman–Crippen LogP) is 0.171. The van der Waals surface area contributed by atoms with E-state index in [2.05, 4.69) is 0 Å². The Labute approximate surface area is 98.4 Å². The topological polar surface area (TPSA) is 83.1 Å². The number of hydrogen-bond acceptors (Lipinski definition) is 5. The van der Waals surface area contributed by atoms with Gasteiger partial charge in [0.15, 0.2) is 0 Å². The van der Waals surface area contributed by atoms with Crippen molar-refractivity contribution in [2.75, 3.05) is 26.3 Å². The van der Waals surface area contributed by atoms with Crippen molar-refractivity contribution in [2.45, 2.75) is 12.6 Å². The molecule has 2 heterocycles. The number of carboxylic acid groups (broad SMARTS) is 1. The van der Waals surface area contributed by atoms with E-state index >= 15 is 0 Å². The van der Waals surface area contributed by atoms with E-state index in [0.29, 0.717) is 32.0 Å². The van der Waals surface area contributed by atoms with Crippen LogP contribution in [0.4, 0.5) is 0 Å². The van der Waals surface area contributed by atoms with Gasteiger partial charge in [-0.2, -0.15) is 0 Å². The second kappa shape index (κ2) is 5.31. The smallest absolute Gasteiger partial charge is 0.339 e. The van der Waals surface area contributed by atoms with Crippen LogP contribution >= 0.6 is 0 Å². The molecule has 1 fully saturated rings. The van der Waals surface area contributed by atoms with E-state index in [1.54, 1.807) is 0 Å². The molecule has 0 saturated carbocycles. The number of aliphatic hydroxyl groups excluding tert-OH is 1. The summed E-state index contributed by atoms with van der Waals surface area (Å²) in [5, 5.41) is 17.9. The summed E-state index contributed by atoms with van der Waals surface area (Å²) in [5.41, 5.74) is 0.192. The van der Waals surface area contributed by atoms with Crippen LogP contribution in [0.1, 0.15) is 16.1 Å². The molecule has 0 spiro atoms. The normalized spacial score (nSPS) is 21.6. The number of nitrogens with zero attached hydrogens (tertiary/aromatic N) is 1. The van der Waals surface area contributed by atoms with E-state index in [0.717, 1.165) is 0 Å². The lowest BCUT2D eigenvalue weighted by molar-refractivity contribution is -0.0565. The number of aromatic carboxylic acids is 1. The van der Waals surface area contributed by atoms with Crippen molar-refractivity contribution in [3.8, 4) is 0 Å². The van der Waals surface area contributed by atoms with Crippen LogP contribution in [0, 0.1) is 0 Å². The molecule has 1 unspecified atom stereocenters. The van der Waals surface area contributed by atoms with E-state index in [9.17, 15) is 4.79 Å². The zero-order valence-corrected chi connectivity index (χ0v) is 9.33. The lowest BCUT2D eigenvalue weighted by Gasteiger charge is -2.31. The molecule has 1 aliphatic heterocycles. The molecule has 0 bridgehead atoms. The first-order chi connectivity index (χ1) is 8.20. The van der Waals surface area contributed by atoms with Crippen LogP contribution in [-0.4, -0.2) is 53.5 Å². The van der Waals surface area contributed by atoms with E-state index in [1.807, 2.05) is 4.90 Å². The highest BCUT2D eigenvalue weighted by Gasteiger charge is 2.22. The quantitative estimate of drug-likeness (QED) is 0.782. The molecule has 6 heteroatoms. The third-order valence-corrected chi connectivity index (χ3v) is 2.77. The zero-order chi connectivity index (χ0) is 12.3. The number of rotatable bonds is 4. The van der Waals surface area contributed by atoms with Gasteiger partial charge in [-0.1, -0.05) is 0 Å². The number of furan rings is 1. The summed E-state index contributed by atoms with van der Waals surface area (Å²) in [5.74, 6) is -0.545. The molecule has 2 N–H and O–H groups in total. The fraction of sp³-hybridized carbons (Fsp3) is 0.545. The van der Waals surface area contributed by atoms with E-state index < -0.39 is 5.97 Å². The molecule has 0 aromatic carbocycles. The highest BCUT2D eigenvalue weighted by atomic mass is 16.5. The Hall–Kier alpha value is -1.37. The maximum atomic E-state index is 10.9. The van der Waals surface area contributed by atoms with Gasteiger partial charge < -0.3 is 19.4 Å². The van der Waals surface area contributed by atoms with E-state index in [-0.39, 0.29) is 18.3 Å². The molecule has 1 atom stereocenters. The molecule has 0 amide bonds. The van der Waals surface area contributed by atoms with Crippen LogP contribution in [0.15, 0.2) is 16.7 Å². The molecular formula is C11H15NO5. The highest BCUT2D eigenvalue weighted by Crippen LogP contribution is 2.15. The highest BCUT2D eigenvalue weighted by molar-refractivity contribution is 5.88. The van der Waals surface area contributed by atoms with Crippen LogP contribution < -0.4 is 0 Å². The zero-order valence-electron chi connectivity index (χ0n) is 9.33. The van der Waals surface area contributed by atoms with Crippen molar-refractivity contribution >= 4 is 5.97 Å². The van der Waals surface area contributed by atoms with Crippen LogP contribution in [0.3, 0.4) is 0 Å². The van der Waals surface area contributed by atoms with Gasteiger partial charge in [0.2, 0.25) is 0 Å². The van der Waals surface area contributed by atoms with Gasteiger partial charge in [0.05, 0.1) is 32.1 Å². The SMILES string of the molecule is O=C(O)c1ccoc1CN1CCOC(CO)C1.